The second-order valence-electron chi connectivity index (χ2n) is 2.65. The molecule has 0 bridgehead atoms. The van der Waals surface area contributed by atoms with Crippen LogP contribution in [-0.4, -0.2) is 6.79 Å². The molecule has 1 aromatic carbocycles. The van der Waals surface area contributed by atoms with E-state index in [1.54, 1.807) is 0 Å². The molecule has 0 saturated heterocycles. The molecule has 0 saturated carbocycles. The van der Waals surface area contributed by atoms with Crippen LogP contribution in [0.5, 0.6) is 5.75 Å². The van der Waals surface area contributed by atoms with Crippen molar-refractivity contribution in [3.8, 4) is 5.75 Å². The number of rotatable bonds is 1. The smallest absolute Gasteiger partial charge is 0.851 e. The third-order valence-electron chi connectivity index (χ3n) is 1.93. The molecular formula is C9H11NaO3. The maximum absolute atomic E-state index is 10.7. The molecular weight excluding hydrogens is 179 g/mol. The first-order chi connectivity index (χ1) is 5.92. The van der Waals surface area contributed by atoms with E-state index in [4.69, 9.17) is 9.47 Å². The molecule has 4 heteroatoms. The van der Waals surface area contributed by atoms with E-state index in [1.165, 1.54) is 0 Å². The summed E-state index contributed by atoms with van der Waals surface area (Å²) in [5.41, 5.74) is 1.67. The summed E-state index contributed by atoms with van der Waals surface area (Å²) < 4.78 is 10.3. The Bertz CT molecular complexity index is 279. The van der Waals surface area contributed by atoms with Crippen LogP contribution in [0.2, 0.25) is 0 Å². The van der Waals surface area contributed by atoms with Gasteiger partial charge in [-0.2, -0.15) is 0 Å². The van der Waals surface area contributed by atoms with Crippen molar-refractivity contribution >= 4 is 0 Å². The zero-order chi connectivity index (χ0) is 8.39. The minimum Gasteiger partial charge on any atom is -0.851 e. The molecule has 0 amide bonds. The topological polar surface area (TPSA) is 41.5 Å². The zero-order valence-electron chi connectivity index (χ0n) is 7.58. The summed E-state index contributed by atoms with van der Waals surface area (Å²) >= 11 is 0. The van der Waals surface area contributed by atoms with Gasteiger partial charge in [0.15, 0.2) is 6.79 Å². The van der Waals surface area contributed by atoms with Crippen LogP contribution in [0.4, 0.5) is 0 Å². The Kier molecular flexibility index (Phi) is 4.22. The van der Waals surface area contributed by atoms with Gasteiger partial charge in [-0.3, -0.25) is 0 Å². The number of benzene rings is 1. The molecule has 0 atom stereocenters. The van der Waals surface area contributed by atoms with Crippen molar-refractivity contribution < 1.29 is 45.6 Å². The Labute approximate surface area is 100 Å². The molecule has 1 aromatic rings. The predicted octanol–water partition coefficient (Wildman–Crippen LogP) is -2.34. The maximum atomic E-state index is 10.7. The van der Waals surface area contributed by atoms with E-state index in [2.05, 4.69) is 0 Å². The molecule has 66 valence electrons. The monoisotopic (exact) mass is 190 g/mol. The van der Waals surface area contributed by atoms with Crippen LogP contribution in [0.1, 0.15) is 12.6 Å². The number of hydrogen-bond acceptors (Lipinski definition) is 3. The van der Waals surface area contributed by atoms with Crippen LogP contribution in [0, 0.1) is 0 Å². The van der Waals surface area contributed by atoms with Crippen molar-refractivity contribution in [3.63, 3.8) is 0 Å². The molecule has 0 radical (unpaired) electrons. The van der Waals surface area contributed by atoms with Crippen molar-refractivity contribution in [3.05, 3.63) is 29.3 Å². The molecule has 0 spiro atoms. The third kappa shape index (κ3) is 2.24. The van der Waals surface area contributed by atoms with Gasteiger partial charge in [-0.25, -0.2) is 0 Å². The van der Waals surface area contributed by atoms with E-state index in [-0.39, 0.29) is 44.4 Å². The van der Waals surface area contributed by atoms with Crippen LogP contribution in [0.15, 0.2) is 18.2 Å². The molecule has 1 aliphatic rings. The summed E-state index contributed by atoms with van der Waals surface area (Å²) in [6.07, 6.45) is 0. The molecule has 0 aliphatic carbocycles. The third-order valence-corrected chi connectivity index (χ3v) is 1.93. The van der Waals surface area contributed by atoms with Crippen molar-refractivity contribution in [1.82, 2.24) is 0 Å². The van der Waals surface area contributed by atoms with Crippen molar-refractivity contribution in [2.75, 3.05) is 6.79 Å². The molecule has 0 fully saturated rings. The first kappa shape index (κ1) is 11.0. The maximum Gasteiger partial charge on any atom is 1.00 e. The normalized spacial score (nSPS) is 13.9. The van der Waals surface area contributed by atoms with Crippen molar-refractivity contribution in [1.29, 1.82) is 0 Å². The van der Waals surface area contributed by atoms with Gasteiger partial charge >= 0.3 is 29.6 Å². The molecule has 13 heavy (non-hydrogen) atoms. The number of hydrogen-bond donors (Lipinski definition) is 0. The molecule has 0 N–H and O–H groups in total. The standard InChI is InChI=1S/C9H9O3.Na.H2/c10-4-7-2-1-3-9-8(7)5-11-6-12-9;;/h1-3H,4-6H2;;1H/q-1;+1;. The van der Waals surface area contributed by atoms with Gasteiger partial charge in [0.1, 0.15) is 5.75 Å². The van der Waals surface area contributed by atoms with E-state index in [1.807, 2.05) is 18.2 Å². The SMILES string of the molecule is [HH].[Na+].[O-]Cc1cccc2c1COCO2. The summed E-state index contributed by atoms with van der Waals surface area (Å²) in [7, 11) is 0. The average Bonchev–Trinajstić information content (AvgIpc) is 2.17. The van der Waals surface area contributed by atoms with Gasteiger partial charge in [0.05, 0.1) is 6.61 Å². The van der Waals surface area contributed by atoms with E-state index < -0.39 is 0 Å². The molecule has 1 heterocycles. The second-order valence-corrected chi connectivity index (χ2v) is 2.65. The first-order valence-corrected chi connectivity index (χ1v) is 3.81. The zero-order valence-corrected chi connectivity index (χ0v) is 9.58. The number of fused-ring (bicyclic) bond motifs is 1. The van der Waals surface area contributed by atoms with Gasteiger partial charge in [0, 0.05) is 6.99 Å². The quantitative estimate of drug-likeness (QED) is 0.466. The van der Waals surface area contributed by atoms with Crippen LogP contribution >= 0.6 is 0 Å². The van der Waals surface area contributed by atoms with E-state index in [0.717, 1.165) is 16.9 Å². The van der Waals surface area contributed by atoms with Gasteiger partial charge in [0.2, 0.25) is 0 Å². The number of ether oxygens (including phenoxy) is 2. The fourth-order valence-corrected chi connectivity index (χ4v) is 1.29. The molecule has 2 rings (SSSR count). The van der Waals surface area contributed by atoms with Gasteiger partial charge in [-0.1, -0.05) is 17.7 Å². The van der Waals surface area contributed by atoms with Gasteiger partial charge < -0.3 is 14.6 Å². The van der Waals surface area contributed by atoms with Crippen LogP contribution in [-0.2, 0) is 18.0 Å². The molecule has 3 nitrogen and oxygen atoms in total. The van der Waals surface area contributed by atoms with E-state index >= 15 is 0 Å². The summed E-state index contributed by atoms with van der Waals surface area (Å²) in [6, 6.07) is 5.50. The largest absolute Gasteiger partial charge is 1.00 e. The molecule has 0 unspecified atom stereocenters. The average molecular weight is 190 g/mol. The Balaban J connectivity index is 0.000000845. The van der Waals surface area contributed by atoms with E-state index in [9.17, 15) is 5.11 Å². The fourth-order valence-electron chi connectivity index (χ4n) is 1.29. The summed E-state index contributed by atoms with van der Waals surface area (Å²) in [5, 5.41) is 10.7. The van der Waals surface area contributed by atoms with Gasteiger partial charge in [0.25, 0.3) is 0 Å². The van der Waals surface area contributed by atoms with Crippen LogP contribution in [0.25, 0.3) is 0 Å². The Hall–Kier alpha value is -0.0600. The summed E-state index contributed by atoms with van der Waals surface area (Å²) in [4.78, 5) is 0. The Morgan fingerprint density at radius 3 is 3.08 bits per heavy atom. The van der Waals surface area contributed by atoms with Crippen molar-refractivity contribution in [2.24, 2.45) is 0 Å². The minimum absolute atomic E-state index is 0. The Morgan fingerprint density at radius 1 is 1.46 bits per heavy atom. The second kappa shape index (κ2) is 4.98. The predicted molar refractivity (Wildman–Crippen MR) is 42.5 cm³/mol. The van der Waals surface area contributed by atoms with E-state index in [0.29, 0.717) is 6.61 Å². The van der Waals surface area contributed by atoms with Gasteiger partial charge in [-0.05, 0) is 6.07 Å². The van der Waals surface area contributed by atoms with Crippen LogP contribution < -0.4 is 39.4 Å². The summed E-state index contributed by atoms with van der Waals surface area (Å²) in [5.74, 6) is 0.787. The van der Waals surface area contributed by atoms with Crippen LogP contribution in [0.3, 0.4) is 0 Å². The summed E-state index contributed by atoms with van der Waals surface area (Å²) in [6.45, 7) is 0.568. The first-order valence-electron chi connectivity index (χ1n) is 3.81. The van der Waals surface area contributed by atoms with Crippen molar-refractivity contribution in [2.45, 2.75) is 13.2 Å². The Morgan fingerprint density at radius 2 is 2.31 bits per heavy atom. The molecule has 1 aliphatic heterocycles. The fraction of sp³-hybridized carbons (Fsp3) is 0.333. The van der Waals surface area contributed by atoms with Gasteiger partial charge in [-0.15, -0.1) is 6.61 Å². The molecule has 0 aromatic heterocycles. The minimum atomic E-state index is -0.212.